The van der Waals surface area contributed by atoms with Crippen molar-refractivity contribution in [2.24, 2.45) is 5.73 Å². The minimum absolute atomic E-state index is 0.0412. The summed E-state index contributed by atoms with van der Waals surface area (Å²) in [7, 11) is 0. The average Bonchev–Trinajstić information content (AvgIpc) is 2.27. The van der Waals surface area contributed by atoms with Crippen molar-refractivity contribution < 1.29 is 22.7 Å². The molecule has 7 heteroatoms. The van der Waals surface area contributed by atoms with Crippen LogP contribution in [0.3, 0.4) is 0 Å². The van der Waals surface area contributed by atoms with Gasteiger partial charge < -0.3 is 10.5 Å². The Hall–Kier alpha value is -1.76. The van der Waals surface area contributed by atoms with Crippen molar-refractivity contribution in [2.75, 3.05) is 11.9 Å². The highest BCUT2D eigenvalue weighted by atomic mass is 19.4. The van der Waals surface area contributed by atoms with Gasteiger partial charge in [-0.05, 0) is 32.4 Å². The van der Waals surface area contributed by atoms with Crippen LogP contribution < -0.4 is 11.1 Å². The number of nitrogens with two attached hydrogens (primary N) is 1. The summed E-state index contributed by atoms with van der Waals surface area (Å²) in [6, 6.07) is 5.66. The molecule has 4 nitrogen and oxygen atoms in total. The molecule has 1 atom stereocenters. The molecular weight excluding hydrogens is 285 g/mol. The lowest BCUT2D eigenvalue weighted by Crippen LogP contribution is -2.30. The number of nitrogens with one attached hydrogen (secondary N) is 1. The van der Waals surface area contributed by atoms with Crippen molar-refractivity contribution in [1.29, 1.82) is 0 Å². The maximum atomic E-state index is 13.0. The topological polar surface area (TPSA) is 64.3 Å². The third-order valence-electron chi connectivity index (χ3n) is 2.60. The summed E-state index contributed by atoms with van der Waals surface area (Å²) in [5, 5.41) is 2.34. The van der Waals surface area contributed by atoms with Crippen LogP contribution in [-0.2, 0) is 4.74 Å². The first kappa shape index (κ1) is 17.3. The number of carbonyl (C=O) groups excluding carboxylic acids is 1. The Morgan fingerprint density at radius 1 is 1.29 bits per heavy atom. The maximum absolute atomic E-state index is 13.0. The third kappa shape index (κ3) is 5.26. The smallest absolute Gasteiger partial charge is 0.412 e. The van der Waals surface area contributed by atoms with Gasteiger partial charge in [-0.25, -0.2) is 4.79 Å². The standard InChI is InChI=1S/C14H19F3N2O2/c1-13(2,3)21-12(20)19-11-7-5-4-6-9(11)10(8-18)14(15,16)17/h4-7,10H,8,18H2,1-3H3,(H,19,20). The van der Waals surface area contributed by atoms with Gasteiger partial charge in [0.25, 0.3) is 0 Å². The van der Waals surface area contributed by atoms with Gasteiger partial charge in [0.15, 0.2) is 0 Å². The Labute approximate surface area is 121 Å². The molecule has 1 aromatic carbocycles. The Balaban J connectivity index is 3.02. The van der Waals surface area contributed by atoms with Crippen molar-refractivity contribution in [3.63, 3.8) is 0 Å². The molecule has 21 heavy (non-hydrogen) atoms. The van der Waals surface area contributed by atoms with Crippen LogP contribution in [0.1, 0.15) is 32.3 Å². The Kier molecular flexibility index (Phi) is 5.22. The van der Waals surface area contributed by atoms with Gasteiger partial charge in [0.05, 0.1) is 5.92 Å². The fourth-order valence-corrected chi connectivity index (χ4v) is 1.77. The van der Waals surface area contributed by atoms with Gasteiger partial charge in [0.2, 0.25) is 0 Å². The zero-order valence-corrected chi connectivity index (χ0v) is 12.1. The molecule has 1 aromatic rings. The molecule has 1 rings (SSSR count). The molecule has 0 spiro atoms. The van der Waals surface area contributed by atoms with Crippen molar-refractivity contribution >= 4 is 11.8 Å². The van der Waals surface area contributed by atoms with E-state index in [9.17, 15) is 18.0 Å². The first-order valence-corrected chi connectivity index (χ1v) is 6.40. The van der Waals surface area contributed by atoms with Gasteiger partial charge >= 0.3 is 12.3 Å². The zero-order valence-electron chi connectivity index (χ0n) is 12.1. The Morgan fingerprint density at radius 2 is 1.86 bits per heavy atom. The molecule has 0 saturated heterocycles. The molecule has 0 aliphatic heterocycles. The minimum atomic E-state index is -4.49. The van der Waals surface area contributed by atoms with Crippen LogP contribution in [0.15, 0.2) is 24.3 Å². The summed E-state index contributed by atoms with van der Waals surface area (Å²) in [5.41, 5.74) is 4.45. The molecule has 0 heterocycles. The molecule has 0 fully saturated rings. The fourth-order valence-electron chi connectivity index (χ4n) is 1.77. The molecule has 0 radical (unpaired) electrons. The van der Waals surface area contributed by atoms with E-state index in [-0.39, 0.29) is 11.3 Å². The lowest BCUT2D eigenvalue weighted by Gasteiger charge is -2.23. The average molecular weight is 304 g/mol. The monoisotopic (exact) mass is 304 g/mol. The number of para-hydroxylation sites is 1. The highest BCUT2D eigenvalue weighted by Gasteiger charge is 2.41. The van der Waals surface area contributed by atoms with E-state index in [0.717, 1.165) is 0 Å². The predicted octanol–water partition coefficient (Wildman–Crippen LogP) is 3.64. The zero-order chi connectivity index (χ0) is 16.3. The molecule has 0 aromatic heterocycles. The number of hydrogen-bond donors (Lipinski definition) is 2. The highest BCUT2D eigenvalue weighted by Crippen LogP contribution is 2.37. The first-order valence-electron chi connectivity index (χ1n) is 6.40. The largest absolute Gasteiger partial charge is 0.444 e. The number of hydrogen-bond acceptors (Lipinski definition) is 3. The third-order valence-corrected chi connectivity index (χ3v) is 2.60. The van der Waals surface area contributed by atoms with Gasteiger partial charge in [-0.1, -0.05) is 18.2 Å². The van der Waals surface area contributed by atoms with Gasteiger partial charge in [-0.2, -0.15) is 13.2 Å². The number of benzene rings is 1. The number of anilines is 1. The van der Waals surface area contributed by atoms with E-state index >= 15 is 0 Å². The summed E-state index contributed by atoms with van der Waals surface area (Å²) in [5.74, 6) is -1.84. The molecular formula is C14H19F3N2O2. The SMILES string of the molecule is CC(C)(C)OC(=O)Nc1ccccc1C(CN)C(F)(F)F. The lowest BCUT2D eigenvalue weighted by atomic mass is 9.97. The molecule has 3 N–H and O–H groups in total. The molecule has 118 valence electrons. The molecule has 0 aliphatic rings. The van der Waals surface area contributed by atoms with E-state index in [2.05, 4.69) is 5.32 Å². The van der Waals surface area contributed by atoms with Crippen LogP contribution >= 0.6 is 0 Å². The number of halogens is 3. The molecule has 0 aliphatic carbocycles. The number of rotatable bonds is 3. The van der Waals surface area contributed by atoms with E-state index in [4.69, 9.17) is 10.5 Å². The molecule has 1 unspecified atom stereocenters. The summed E-state index contributed by atoms with van der Waals surface area (Å²) in [6.07, 6.45) is -5.30. The molecule has 0 saturated carbocycles. The lowest BCUT2D eigenvalue weighted by molar-refractivity contribution is -0.148. The number of alkyl halides is 3. The van der Waals surface area contributed by atoms with Gasteiger partial charge in [-0.3, -0.25) is 5.32 Å². The van der Waals surface area contributed by atoms with Crippen LogP contribution in [0.4, 0.5) is 23.7 Å². The summed E-state index contributed by atoms with van der Waals surface area (Å²) in [6.45, 7) is 4.39. The van der Waals surface area contributed by atoms with Crippen molar-refractivity contribution in [1.82, 2.24) is 0 Å². The minimum Gasteiger partial charge on any atom is -0.444 e. The quantitative estimate of drug-likeness (QED) is 0.896. The summed E-state index contributed by atoms with van der Waals surface area (Å²) < 4.78 is 43.9. The second-order valence-corrected chi connectivity index (χ2v) is 5.54. The second kappa shape index (κ2) is 6.34. The molecule has 1 amide bonds. The van der Waals surface area contributed by atoms with Gasteiger partial charge in [0, 0.05) is 12.2 Å². The van der Waals surface area contributed by atoms with Crippen LogP contribution in [0.2, 0.25) is 0 Å². The molecule has 0 bridgehead atoms. The van der Waals surface area contributed by atoms with Gasteiger partial charge in [0.1, 0.15) is 5.60 Å². The maximum Gasteiger partial charge on any atom is 0.412 e. The van der Waals surface area contributed by atoms with Crippen LogP contribution in [0.5, 0.6) is 0 Å². The fraction of sp³-hybridized carbons (Fsp3) is 0.500. The van der Waals surface area contributed by atoms with Crippen molar-refractivity contribution in [3.05, 3.63) is 29.8 Å². The summed E-state index contributed by atoms with van der Waals surface area (Å²) in [4.78, 5) is 11.7. The van der Waals surface area contributed by atoms with E-state index in [0.29, 0.717) is 0 Å². The normalized spacial score (nSPS) is 13.7. The number of carbonyl (C=O) groups is 1. The van der Waals surface area contributed by atoms with Crippen molar-refractivity contribution in [3.8, 4) is 0 Å². The van der Waals surface area contributed by atoms with E-state index in [1.165, 1.54) is 24.3 Å². The Morgan fingerprint density at radius 3 is 2.33 bits per heavy atom. The Bertz CT molecular complexity index is 496. The van der Waals surface area contributed by atoms with E-state index in [1.54, 1.807) is 20.8 Å². The van der Waals surface area contributed by atoms with Crippen LogP contribution in [-0.4, -0.2) is 24.4 Å². The first-order chi connectivity index (χ1) is 9.54. The highest BCUT2D eigenvalue weighted by molar-refractivity contribution is 5.86. The number of ether oxygens (including phenoxy) is 1. The van der Waals surface area contributed by atoms with E-state index in [1.807, 2.05) is 0 Å². The van der Waals surface area contributed by atoms with E-state index < -0.39 is 30.3 Å². The van der Waals surface area contributed by atoms with Gasteiger partial charge in [-0.15, -0.1) is 0 Å². The number of amides is 1. The second-order valence-electron chi connectivity index (χ2n) is 5.54. The van der Waals surface area contributed by atoms with Crippen LogP contribution in [0, 0.1) is 0 Å². The van der Waals surface area contributed by atoms with Crippen LogP contribution in [0.25, 0.3) is 0 Å². The van der Waals surface area contributed by atoms with Crippen molar-refractivity contribution in [2.45, 2.75) is 38.5 Å². The predicted molar refractivity (Wildman–Crippen MR) is 74.1 cm³/mol. The summed E-state index contributed by atoms with van der Waals surface area (Å²) >= 11 is 0.